The van der Waals surface area contributed by atoms with Gasteiger partial charge in [-0.25, -0.2) is 0 Å². The smallest absolute Gasteiger partial charge is 0.326 e. The third-order valence-electron chi connectivity index (χ3n) is 5.01. The zero-order valence-electron chi connectivity index (χ0n) is 17.0. The lowest BCUT2D eigenvalue weighted by Crippen LogP contribution is -2.39. The van der Waals surface area contributed by atoms with Crippen molar-refractivity contribution in [2.75, 3.05) is 23.4 Å². The molecule has 2 amide bonds. The van der Waals surface area contributed by atoms with E-state index in [0.717, 1.165) is 10.8 Å². The van der Waals surface area contributed by atoms with E-state index in [1.165, 1.54) is 11.8 Å². The zero-order valence-corrected chi connectivity index (χ0v) is 17.0. The molecule has 0 unspecified atom stereocenters. The first-order valence-corrected chi connectivity index (χ1v) is 10.0. The molecule has 0 bridgehead atoms. The van der Waals surface area contributed by atoms with E-state index in [-0.39, 0.29) is 25.5 Å². The molecular weight excluding hydrogens is 396 g/mol. The fourth-order valence-electron chi connectivity index (χ4n) is 3.42. The first-order chi connectivity index (χ1) is 15.0. The molecule has 4 rings (SSSR count). The normalized spacial score (nSPS) is 14.2. The van der Waals surface area contributed by atoms with Gasteiger partial charge < -0.3 is 14.8 Å². The molecule has 1 atom stereocenters. The van der Waals surface area contributed by atoms with Crippen LogP contribution in [0.2, 0.25) is 0 Å². The monoisotopic (exact) mass is 418 g/mol. The highest BCUT2D eigenvalue weighted by Gasteiger charge is 2.27. The second-order valence-electron chi connectivity index (χ2n) is 7.23. The fraction of sp³-hybridized carbons (Fsp3) is 0.208. The SMILES string of the molecule is C[C@H](OC(=O)CN1C(=O)CCOc2ccccc21)C(=O)Nc1ccc2ccccc2c1. The van der Waals surface area contributed by atoms with Gasteiger partial charge >= 0.3 is 5.97 Å². The van der Waals surface area contributed by atoms with Gasteiger partial charge in [0.1, 0.15) is 12.3 Å². The van der Waals surface area contributed by atoms with Crippen molar-refractivity contribution in [1.29, 1.82) is 0 Å². The summed E-state index contributed by atoms with van der Waals surface area (Å²) in [7, 11) is 0. The Balaban J connectivity index is 1.39. The van der Waals surface area contributed by atoms with Crippen molar-refractivity contribution in [2.24, 2.45) is 0 Å². The first-order valence-electron chi connectivity index (χ1n) is 10.0. The van der Waals surface area contributed by atoms with Crippen molar-refractivity contribution < 1.29 is 23.9 Å². The number of amides is 2. The summed E-state index contributed by atoms with van der Waals surface area (Å²) in [6, 6.07) is 20.4. The van der Waals surface area contributed by atoms with Gasteiger partial charge in [-0.2, -0.15) is 0 Å². The highest BCUT2D eigenvalue weighted by molar-refractivity contribution is 6.01. The third-order valence-corrected chi connectivity index (χ3v) is 5.01. The summed E-state index contributed by atoms with van der Waals surface area (Å²) in [5, 5.41) is 4.81. The van der Waals surface area contributed by atoms with Gasteiger partial charge in [-0.15, -0.1) is 0 Å². The van der Waals surface area contributed by atoms with Crippen LogP contribution in [0.25, 0.3) is 10.8 Å². The molecule has 7 nitrogen and oxygen atoms in total. The highest BCUT2D eigenvalue weighted by Crippen LogP contribution is 2.30. The van der Waals surface area contributed by atoms with Crippen molar-refractivity contribution in [3.63, 3.8) is 0 Å². The quantitative estimate of drug-likeness (QED) is 0.641. The van der Waals surface area contributed by atoms with Gasteiger partial charge in [0.15, 0.2) is 6.10 Å². The number of fused-ring (bicyclic) bond motifs is 2. The van der Waals surface area contributed by atoms with Gasteiger partial charge in [-0.3, -0.25) is 19.3 Å². The molecule has 0 saturated carbocycles. The van der Waals surface area contributed by atoms with E-state index in [4.69, 9.17) is 9.47 Å². The summed E-state index contributed by atoms with van der Waals surface area (Å²) in [4.78, 5) is 38.8. The first kappa shape index (κ1) is 20.4. The van der Waals surface area contributed by atoms with Crippen molar-refractivity contribution in [2.45, 2.75) is 19.4 Å². The maximum atomic E-state index is 12.5. The summed E-state index contributed by atoms with van der Waals surface area (Å²) in [5.74, 6) is -0.834. The largest absolute Gasteiger partial charge is 0.491 e. The Bertz CT molecular complexity index is 1140. The van der Waals surface area contributed by atoms with Crippen LogP contribution in [0.5, 0.6) is 5.75 Å². The summed E-state index contributed by atoms with van der Waals surface area (Å²) in [6.45, 7) is 1.44. The third kappa shape index (κ3) is 4.66. The predicted molar refractivity (Wildman–Crippen MR) is 117 cm³/mol. The van der Waals surface area contributed by atoms with Crippen LogP contribution in [0.4, 0.5) is 11.4 Å². The highest BCUT2D eigenvalue weighted by atomic mass is 16.5. The molecule has 0 saturated heterocycles. The second-order valence-corrected chi connectivity index (χ2v) is 7.23. The molecule has 0 radical (unpaired) electrons. The Morgan fingerprint density at radius 2 is 1.81 bits per heavy atom. The zero-order chi connectivity index (χ0) is 21.8. The number of rotatable bonds is 5. The minimum atomic E-state index is -1.02. The van der Waals surface area contributed by atoms with Crippen molar-refractivity contribution >= 4 is 39.9 Å². The molecule has 1 heterocycles. The van der Waals surface area contributed by atoms with Crippen molar-refractivity contribution in [3.05, 3.63) is 66.7 Å². The Hall–Kier alpha value is -3.87. The number of carbonyl (C=O) groups excluding carboxylic acids is 3. The van der Waals surface area contributed by atoms with E-state index in [2.05, 4.69) is 5.32 Å². The second kappa shape index (κ2) is 8.87. The number of carbonyl (C=O) groups is 3. The Morgan fingerprint density at radius 3 is 2.65 bits per heavy atom. The van der Waals surface area contributed by atoms with Crippen LogP contribution >= 0.6 is 0 Å². The summed E-state index contributed by atoms with van der Waals surface area (Å²) < 4.78 is 10.9. The molecule has 0 fully saturated rings. The number of hydrogen-bond donors (Lipinski definition) is 1. The van der Waals surface area contributed by atoms with Crippen LogP contribution in [0, 0.1) is 0 Å². The lowest BCUT2D eigenvalue weighted by molar-refractivity contribution is -0.152. The van der Waals surface area contributed by atoms with E-state index in [1.54, 1.807) is 30.3 Å². The standard InChI is InChI=1S/C24H22N2O5/c1-16(24(29)25-19-11-10-17-6-2-3-7-18(17)14-19)31-23(28)15-26-20-8-4-5-9-21(20)30-13-12-22(26)27/h2-11,14,16H,12-13,15H2,1H3,(H,25,29)/t16-/m0/s1. The van der Waals surface area contributed by atoms with E-state index in [9.17, 15) is 14.4 Å². The molecule has 1 aliphatic rings. The molecule has 0 aliphatic carbocycles. The molecule has 1 aliphatic heterocycles. The summed E-state index contributed by atoms with van der Waals surface area (Å²) >= 11 is 0. The number of nitrogens with one attached hydrogen (secondary N) is 1. The number of benzene rings is 3. The van der Waals surface area contributed by atoms with Crippen LogP contribution in [-0.4, -0.2) is 37.0 Å². The number of para-hydroxylation sites is 2. The molecule has 7 heteroatoms. The molecule has 0 spiro atoms. The summed E-state index contributed by atoms with van der Waals surface area (Å²) in [6.07, 6.45) is -0.868. The molecule has 158 valence electrons. The minimum absolute atomic E-state index is 0.153. The predicted octanol–water partition coefficient (Wildman–Crippen LogP) is 3.53. The van der Waals surface area contributed by atoms with E-state index in [1.807, 2.05) is 36.4 Å². The maximum Gasteiger partial charge on any atom is 0.326 e. The Labute approximate surface area is 179 Å². The maximum absolute atomic E-state index is 12.5. The molecular formula is C24H22N2O5. The number of esters is 1. The number of ether oxygens (including phenoxy) is 2. The van der Waals surface area contributed by atoms with Gasteiger partial charge in [-0.1, -0.05) is 42.5 Å². The Kier molecular flexibility index (Phi) is 5.84. The number of anilines is 2. The average Bonchev–Trinajstić information content (AvgIpc) is 2.92. The van der Waals surface area contributed by atoms with Crippen LogP contribution < -0.4 is 15.0 Å². The van der Waals surface area contributed by atoms with Crippen LogP contribution in [0.3, 0.4) is 0 Å². The molecule has 3 aromatic carbocycles. The molecule has 3 aromatic rings. The van der Waals surface area contributed by atoms with Crippen LogP contribution in [0.15, 0.2) is 66.7 Å². The van der Waals surface area contributed by atoms with Crippen molar-refractivity contribution in [1.82, 2.24) is 0 Å². The van der Waals surface area contributed by atoms with Crippen LogP contribution in [-0.2, 0) is 19.1 Å². The van der Waals surface area contributed by atoms with E-state index < -0.39 is 18.0 Å². The lowest BCUT2D eigenvalue weighted by Gasteiger charge is -2.22. The molecule has 31 heavy (non-hydrogen) atoms. The van der Waals surface area contributed by atoms with Gasteiger partial charge in [0, 0.05) is 5.69 Å². The molecule has 0 aromatic heterocycles. The fourth-order valence-corrected chi connectivity index (χ4v) is 3.42. The summed E-state index contributed by atoms with van der Waals surface area (Å²) in [5.41, 5.74) is 1.12. The van der Waals surface area contributed by atoms with Gasteiger partial charge in [-0.05, 0) is 42.0 Å². The lowest BCUT2D eigenvalue weighted by atomic mass is 10.1. The van der Waals surface area contributed by atoms with E-state index >= 15 is 0 Å². The molecule has 1 N–H and O–H groups in total. The number of hydrogen-bond acceptors (Lipinski definition) is 5. The van der Waals surface area contributed by atoms with Gasteiger partial charge in [0.05, 0.1) is 18.7 Å². The number of nitrogens with zero attached hydrogens (tertiary/aromatic N) is 1. The van der Waals surface area contributed by atoms with Crippen LogP contribution in [0.1, 0.15) is 13.3 Å². The average molecular weight is 418 g/mol. The minimum Gasteiger partial charge on any atom is -0.491 e. The Morgan fingerprint density at radius 1 is 1.06 bits per heavy atom. The van der Waals surface area contributed by atoms with Gasteiger partial charge in [0.2, 0.25) is 5.91 Å². The van der Waals surface area contributed by atoms with E-state index in [0.29, 0.717) is 17.1 Å². The van der Waals surface area contributed by atoms with Crippen molar-refractivity contribution in [3.8, 4) is 5.75 Å². The topological polar surface area (TPSA) is 84.9 Å². The van der Waals surface area contributed by atoms with Gasteiger partial charge in [0.25, 0.3) is 5.91 Å².